The SMILES string of the molecule is O/N=C1\CCCCC1NC1CCCC/C1=N\O. The predicted octanol–water partition coefficient (Wildman–Crippen LogP) is 2.12. The molecular weight excluding hydrogens is 218 g/mol. The third kappa shape index (κ3) is 2.97. The lowest BCUT2D eigenvalue weighted by Gasteiger charge is -2.31. The zero-order valence-corrected chi connectivity index (χ0v) is 10.1. The Balaban J connectivity index is 1.98. The Morgan fingerprint density at radius 1 is 0.824 bits per heavy atom. The molecular formula is C12H21N3O2. The molecule has 0 spiro atoms. The average molecular weight is 239 g/mol. The van der Waals surface area contributed by atoms with E-state index in [1.54, 1.807) is 0 Å². The fourth-order valence-corrected chi connectivity index (χ4v) is 2.83. The molecule has 0 aromatic rings. The number of nitrogens with one attached hydrogen (secondary N) is 1. The number of oxime groups is 2. The minimum atomic E-state index is 0.147. The molecule has 2 saturated carbocycles. The Labute approximate surface area is 102 Å². The first-order valence-electron chi connectivity index (χ1n) is 6.53. The molecule has 5 heteroatoms. The third-order valence-electron chi connectivity index (χ3n) is 3.82. The van der Waals surface area contributed by atoms with Gasteiger partial charge in [-0.25, -0.2) is 0 Å². The van der Waals surface area contributed by atoms with Crippen LogP contribution in [-0.2, 0) is 0 Å². The van der Waals surface area contributed by atoms with Crippen molar-refractivity contribution in [1.29, 1.82) is 0 Å². The summed E-state index contributed by atoms with van der Waals surface area (Å²) in [6.45, 7) is 0. The lowest BCUT2D eigenvalue weighted by atomic mass is 9.89. The number of hydrogen-bond acceptors (Lipinski definition) is 5. The molecule has 0 aromatic heterocycles. The molecule has 2 atom stereocenters. The highest BCUT2D eigenvalue weighted by Gasteiger charge is 2.27. The van der Waals surface area contributed by atoms with E-state index in [0.717, 1.165) is 62.8 Å². The first-order chi connectivity index (χ1) is 8.35. The van der Waals surface area contributed by atoms with Crippen molar-refractivity contribution in [3.63, 3.8) is 0 Å². The van der Waals surface area contributed by atoms with E-state index in [9.17, 15) is 0 Å². The largest absolute Gasteiger partial charge is 0.411 e. The summed E-state index contributed by atoms with van der Waals surface area (Å²) in [6.07, 6.45) is 8.28. The predicted molar refractivity (Wildman–Crippen MR) is 66.1 cm³/mol. The standard InChI is InChI=1S/C12H21N3O2/c16-14-11-7-3-1-5-9(11)13-10-6-2-4-8-12(10)15-17/h9-10,13,16-17H,1-8H2/b14-11+,15-12+. The maximum atomic E-state index is 8.98. The summed E-state index contributed by atoms with van der Waals surface area (Å²) in [7, 11) is 0. The van der Waals surface area contributed by atoms with Crippen LogP contribution < -0.4 is 5.32 Å². The molecule has 96 valence electrons. The second-order valence-corrected chi connectivity index (χ2v) is 4.95. The molecule has 2 rings (SSSR count). The molecule has 5 nitrogen and oxygen atoms in total. The lowest BCUT2D eigenvalue weighted by Crippen LogP contribution is -2.49. The van der Waals surface area contributed by atoms with Crippen molar-refractivity contribution in [3.8, 4) is 0 Å². The van der Waals surface area contributed by atoms with E-state index in [-0.39, 0.29) is 12.1 Å². The number of rotatable bonds is 2. The van der Waals surface area contributed by atoms with Crippen LogP contribution >= 0.6 is 0 Å². The van der Waals surface area contributed by atoms with Crippen LogP contribution in [0.2, 0.25) is 0 Å². The van der Waals surface area contributed by atoms with Gasteiger partial charge < -0.3 is 15.7 Å². The minimum Gasteiger partial charge on any atom is -0.411 e. The van der Waals surface area contributed by atoms with Crippen LogP contribution in [0.3, 0.4) is 0 Å². The van der Waals surface area contributed by atoms with Crippen LogP contribution in [0.25, 0.3) is 0 Å². The van der Waals surface area contributed by atoms with Gasteiger partial charge in [0.25, 0.3) is 0 Å². The first kappa shape index (κ1) is 12.4. The lowest BCUT2D eigenvalue weighted by molar-refractivity contribution is 0.303. The van der Waals surface area contributed by atoms with Crippen molar-refractivity contribution < 1.29 is 10.4 Å². The number of hydrogen-bond donors (Lipinski definition) is 3. The van der Waals surface area contributed by atoms with Gasteiger partial charge in [0.2, 0.25) is 0 Å². The van der Waals surface area contributed by atoms with E-state index in [4.69, 9.17) is 10.4 Å². The van der Waals surface area contributed by atoms with Gasteiger partial charge in [-0.3, -0.25) is 0 Å². The second kappa shape index (κ2) is 6.00. The average Bonchev–Trinajstić information content (AvgIpc) is 2.40. The highest BCUT2D eigenvalue weighted by molar-refractivity contribution is 5.93. The van der Waals surface area contributed by atoms with E-state index in [1.165, 1.54) is 0 Å². The van der Waals surface area contributed by atoms with Gasteiger partial charge >= 0.3 is 0 Å². The molecule has 0 bridgehead atoms. The zero-order chi connectivity index (χ0) is 12.1. The Hall–Kier alpha value is -1.10. The molecule has 3 N–H and O–H groups in total. The van der Waals surface area contributed by atoms with Crippen molar-refractivity contribution in [2.45, 2.75) is 63.5 Å². The van der Waals surface area contributed by atoms with Crippen molar-refractivity contribution in [1.82, 2.24) is 5.32 Å². The van der Waals surface area contributed by atoms with Crippen LogP contribution in [-0.4, -0.2) is 33.9 Å². The Morgan fingerprint density at radius 3 is 1.71 bits per heavy atom. The normalized spacial score (nSPS) is 35.3. The van der Waals surface area contributed by atoms with Gasteiger partial charge in [-0.05, 0) is 38.5 Å². The zero-order valence-electron chi connectivity index (χ0n) is 10.1. The van der Waals surface area contributed by atoms with Crippen LogP contribution in [0.15, 0.2) is 10.3 Å². The molecule has 2 aliphatic rings. The molecule has 0 aliphatic heterocycles. The molecule has 2 unspecified atom stereocenters. The summed E-state index contributed by atoms with van der Waals surface area (Å²) < 4.78 is 0. The highest BCUT2D eigenvalue weighted by atomic mass is 16.4. The van der Waals surface area contributed by atoms with Gasteiger partial charge in [0, 0.05) is 12.1 Å². The van der Waals surface area contributed by atoms with Gasteiger partial charge in [0.05, 0.1) is 11.4 Å². The van der Waals surface area contributed by atoms with Gasteiger partial charge in [-0.1, -0.05) is 23.2 Å². The summed E-state index contributed by atoms with van der Waals surface area (Å²) in [5, 5.41) is 28.2. The van der Waals surface area contributed by atoms with E-state index < -0.39 is 0 Å². The van der Waals surface area contributed by atoms with Crippen molar-refractivity contribution >= 4 is 11.4 Å². The smallest absolute Gasteiger partial charge is 0.0739 e. The third-order valence-corrected chi connectivity index (χ3v) is 3.82. The molecule has 2 fully saturated rings. The van der Waals surface area contributed by atoms with Gasteiger partial charge in [0.15, 0.2) is 0 Å². The molecule has 17 heavy (non-hydrogen) atoms. The maximum Gasteiger partial charge on any atom is 0.0739 e. The van der Waals surface area contributed by atoms with Gasteiger partial charge in [0.1, 0.15) is 0 Å². The van der Waals surface area contributed by atoms with E-state index >= 15 is 0 Å². The molecule has 0 saturated heterocycles. The monoisotopic (exact) mass is 239 g/mol. The summed E-state index contributed by atoms with van der Waals surface area (Å²) in [5.74, 6) is 0. The summed E-state index contributed by atoms with van der Waals surface area (Å²) in [5.41, 5.74) is 1.69. The summed E-state index contributed by atoms with van der Waals surface area (Å²) in [6, 6.07) is 0.294. The fraction of sp³-hybridized carbons (Fsp3) is 0.833. The van der Waals surface area contributed by atoms with Crippen LogP contribution in [0, 0.1) is 0 Å². The van der Waals surface area contributed by atoms with E-state index in [2.05, 4.69) is 15.6 Å². The maximum absolute atomic E-state index is 8.98. The second-order valence-electron chi connectivity index (χ2n) is 4.95. The summed E-state index contributed by atoms with van der Waals surface area (Å²) >= 11 is 0. The Bertz CT molecular complexity index is 285. The minimum absolute atomic E-state index is 0.147. The first-order valence-corrected chi connectivity index (χ1v) is 6.53. The molecule has 0 heterocycles. The van der Waals surface area contributed by atoms with Gasteiger partial charge in [-0.15, -0.1) is 0 Å². The van der Waals surface area contributed by atoms with Crippen molar-refractivity contribution in [2.24, 2.45) is 10.3 Å². The molecule has 0 radical (unpaired) electrons. The van der Waals surface area contributed by atoms with Gasteiger partial charge in [-0.2, -0.15) is 0 Å². The Kier molecular flexibility index (Phi) is 4.36. The van der Waals surface area contributed by atoms with E-state index in [1.807, 2.05) is 0 Å². The molecule has 2 aliphatic carbocycles. The molecule has 0 amide bonds. The van der Waals surface area contributed by atoms with Crippen molar-refractivity contribution in [3.05, 3.63) is 0 Å². The van der Waals surface area contributed by atoms with Crippen LogP contribution in [0.1, 0.15) is 51.4 Å². The quantitative estimate of drug-likeness (QED) is 0.510. The summed E-state index contributed by atoms with van der Waals surface area (Å²) in [4.78, 5) is 0. The Morgan fingerprint density at radius 2 is 1.29 bits per heavy atom. The van der Waals surface area contributed by atoms with Crippen LogP contribution in [0.4, 0.5) is 0 Å². The highest BCUT2D eigenvalue weighted by Crippen LogP contribution is 2.20. The van der Waals surface area contributed by atoms with E-state index in [0.29, 0.717) is 0 Å². The number of nitrogens with zero attached hydrogens (tertiary/aromatic N) is 2. The molecule has 0 aromatic carbocycles. The topological polar surface area (TPSA) is 77.2 Å². The van der Waals surface area contributed by atoms with Crippen molar-refractivity contribution in [2.75, 3.05) is 0 Å². The van der Waals surface area contributed by atoms with Crippen LogP contribution in [0.5, 0.6) is 0 Å². The fourth-order valence-electron chi connectivity index (χ4n) is 2.83.